The summed E-state index contributed by atoms with van der Waals surface area (Å²) in [5.41, 5.74) is 2.16. The first-order valence-electron chi connectivity index (χ1n) is 8.40. The van der Waals surface area contributed by atoms with Gasteiger partial charge in [0.1, 0.15) is 5.82 Å². The number of aryl methyl sites for hydroxylation is 3. The second-order valence-corrected chi connectivity index (χ2v) is 6.23. The topological polar surface area (TPSA) is 59.8 Å². The summed E-state index contributed by atoms with van der Waals surface area (Å²) in [5.74, 6) is 1.65. The fourth-order valence-corrected chi connectivity index (χ4v) is 2.99. The van der Waals surface area contributed by atoms with Crippen molar-refractivity contribution in [2.24, 2.45) is 5.92 Å². The zero-order valence-electron chi connectivity index (χ0n) is 13.8. The molecule has 0 spiro atoms. The highest BCUT2D eigenvalue weighted by Crippen LogP contribution is 2.41. The minimum atomic E-state index is 0.0529. The van der Waals surface area contributed by atoms with Crippen LogP contribution in [-0.2, 0) is 17.8 Å². The van der Waals surface area contributed by atoms with E-state index in [2.05, 4.69) is 39.8 Å². The number of hydrogen-bond donors (Lipinski definition) is 1. The van der Waals surface area contributed by atoms with E-state index in [0.29, 0.717) is 18.9 Å². The van der Waals surface area contributed by atoms with Gasteiger partial charge in [-0.15, -0.1) is 0 Å². The minimum Gasteiger partial charge on any atom is -0.347 e. The lowest BCUT2D eigenvalue weighted by atomic mass is 10.0. The van der Waals surface area contributed by atoms with Gasteiger partial charge in [-0.05, 0) is 37.3 Å². The van der Waals surface area contributed by atoms with Crippen LogP contribution in [0, 0.1) is 12.8 Å². The second-order valence-electron chi connectivity index (χ2n) is 6.23. The summed E-state index contributed by atoms with van der Waals surface area (Å²) in [6, 6.07) is 4.05. The van der Waals surface area contributed by atoms with Crippen LogP contribution in [0.4, 0.5) is 0 Å². The van der Waals surface area contributed by atoms with Crippen LogP contribution in [0.2, 0.25) is 0 Å². The van der Waals surface area contributed by atoms with E-state index in [1.165, 1.54) is 12.8 Å². The standard InChI is InChI=1S/C18H24N4O/c1-3-15-19-10-12-22(15)11-8-16(23)21-18(14-6-7-14)17-13(2)5-4-9-20-17/h4-5,9-10,12,14,18H,3,6-8,11H2,1-2H3,(H,21,23). The van der Waals surface area contributed by atoms with E-state index in [1.807, 2.05) is 18.5 Å². The van der Waals surface area contributed by atoms with E-state index in [9.17, 15) is 4.79 Å². The minimum absolute atomic E-state index is 0.0529. The molecule has 1 aliphatic carbocycles. The maximum absolute atomic E-state index is 12.4. The molecule has 5 heteroatoms. The maximum atomic E-state index is 12.4. The van der Waals surface area contributed by atoms with Crippen LogP contribution in [-0.4, -0.2) is 20.4 Å². The summed E-state index contributed by atoms with van der Waals surface area (Å²) in [7, 11) is 0. The Balaban J connectivity index is 1.62. The molecule has 0 bridgehead atoms. The lowest BCUT2D eigenvalue weighted by Gasteiger charge is -2.19. The molecule has 1 amide bonds. The van der Waals surface area contributed by atoms with Crippen molar-refractivity contribution in [3.63, 3.8) is 0 Å². The first-order valence-corrected chi connectivity index (χ1v) is 8.40. The number of pyridine rings is 1. The van der Waals surface area contributed by atoms with Crippen molar-refractivity contribution < 1.29 is 4.79 Å². The van der Waals surface area contributed by atoms with Crippen molar-refractivity contribution in [3.8, 4) is 0 Å². The normalized spacial score (nSPS) is 15.4. The Kier molecular flexibility index (Phi) is 4.74. The summed E-state index contributed by atoms with van der Waals surface area (Å²) < 4.78 is 2.05. The molecule has 5 nitrogen and oxygen atoms in total. The van der Waals surface area contributed by atoms with E-state index in [-0.39, 0.29) is 11.9 Å². The molecule has 1 atom stereocenters. The Labute approximate surface area is 137 Å². The number of nitrogens with zero attached hydrogens (tertiary/aromatic N) is 3. The monoisotopic (exact) mass is 312 g/mol. The largest absolute Gasteiger partial charge is 0.347 e. The van der Waals surface area contributed by atoms with E-state index in [4.69, 9.17) is 0 Å². The van der Waals surface area contributed by atoms with Gasteiger partial charge >= 0.3 is 0 Å². The lowest BCUT2D eigenvalue weighted by Crippen LogP contribution is -2.31. The molecule has 3 rings (SSSR count). The van der Waals surface area contributed by atoms with Crippen molar-refractivity contribution in [3.05, 3.63) is 47.8 Å². The number of hydrogen-bond acceptors (Lipinski definition) is 3. The average Bonchev–Trinajstić information content (AvgIpc) is 3.29. The summed E-state index contributed by atoms with van der Waals surface area (Å²) in [6.07, 6.45) is 9.23. The number of carbonyl (C=O) groups excluding carboxylic acids is 1. The van der Waals surface area contributed by atoms with Crippen LogP contribution in [0.25, 0.3) is 0 Å². The summed E-state index contributed by atoms with van der Waals surface area (Å²) in [6.45, 7) is 4.81. The van der Waals surface area contributed by atoms with Gasteiger partial charge in [0.25, 0.3) is 0 Å². The number of carbonyl (C=O) groups is 1. The number of aromatic nitrogens is 3. The van der Waals surface area contributed by atoms with Crippen LogP contribution >= 0.6 is 0 Å². The number of nitrogens with one attached hydrogen (secondary N) is 1. The van der Waals surface area contributed by atoms with Gasteiger partial charge in [-0.3, -0.25) is 9.78 Å². The number of rotatable bonds is 7. The molecule has 2 aromatic heterocycles. The molecule has 1 fully saturated rings. The molecule has 1 unspecified atom stereocenters. The van der Waals surface area contributed by atoms with Gasteiger partial charge in [0.2, 0.25) is 5.91 Å². The molecule has 2 aromatic rings. The van der Waals surface area contributed by atoms with Crippen LogP contribution in [0.1, 0.15) is 49.3 Å². The molecule has 23 heavy (non-hydrogen) atoms. The summed E-state index contributed by atoms with van der Waals surface area (Å²) in [4.78, 5) is 21.2. The molecule has 122 valence electrons. The van der Waals surface area contributed by atoms with Crippen LogP contribution < -0.4 is 5.32 Å². The van der Waals surface area contributed by atoms with E-state index >= 15 is 0 Å². The lowest BCUT2D eigenvalue weighted by molar-refractivity contribution is -0.122. The number of imidazole rings is 1. The van der Waals surface area contributed by atoms with Gasteiger partial charge in [-0.2, -0.15) is 0 Å². The van der Waals surface area contributed by atoms with Crippen molar-refractivity contribution in [1.29, 1.82) is 0 Å². The zero-order valence-corrected chi connectivity index (χ0v) is 13.8. The molecular formula is C18H24N4O. The second kappa shape index (κ2) is 6.94. The highest BCUT2D eigenvalue weighted by molar-refractivity contribution is 5.76. The Bertz CT molecular complexity index is 675. The van der Waals surface area contributed by atoms with Crippen molar-refractivity contribution in [2.75, 3.05) is 0 Å². The highest BCUT2D eigenvalue weighted by Gasteiger charge is 2.34. The molecule has 2 heterocycles. The predicted octanol–water partition coefficient (Wildman–Crippen LogP) is 2.81. The van der Waals surface area contributed by atoms with Crippen LogP contribution in [0.5, 0.6) is 0 Å². The van der Waals surface area contributed by atoms with Gasteiger partial charge in [0.15, 0.2) is 0 Å². The predicted molar refractivity (Wildman–Crippen MR) is 88.8 cm³/mol. The van der Waals surface area contributed by atoms with E-state index < -0.39 is 0 Å². The van der Waals surface area contributed by atoms with Crippen molar-refractivity contribution in [2.45, 2.75) is 52.1 Å². The third kappa shape index (κ3) is 3.78. The quantitative estimate of drug-likeness (QED) is 0.855. The molecule has 0 aliphatic heterocycles. The highest BCUT2D eigenvalue weighted by atomic mass is 16.1. The third-order valence-corrected chi connectivity index (χ3v) is 4.45. The molecule has 1 N–H and O–H groups in total. The van der Waals surface area contributed by atoms with Gasteiger partial charge in [0.05, 0.1) is 11.7 Å². The van der Waals surface area contributed by atoms with Gasteiger partial charge in [-0.25, -0.2) is 4.98 Å². The maximum Gasteiger partial charge on any atom is 0.222 e. The van der Waals surface area contributed by atoms with Crippen LogP contribution in [0.3, 0.4) is 0 Å². The molecule has 0 saturated heterocycles. The SMILES string of the molecule is CCc1nccn1CCC(=O)NC(c1ncccc1C)C1CC1. The Morgan fingerprint density at radius 2 is 2.22 bits per heavy atom. The van der Waals surface area contributed by atoms with E-state index in [1.54, 1.807) is 6.20 Å². The van der Waals surface area contributed by atoms with Gasteiger partial charge in [0, 0.05) is 38.0 Å². The molecule has 1 saturated carbocycles. The van der Waals surface area contributed by atoms with Gasteiger partial charge in [-0.1, -0.05) is 13.0 Å². The first-order chi connectivity index (χ1) is 11.2. The zero-order chi connectivity index (χ0) is 16.2. The number of amides is 1. The fraction of sp³-hybridized carbons (Fsp3) is 0.500. The summed E-state index contributed by atoms with van der Waals surface area (Å²) in [5, 5.41) is 3.20. The van der Waals surface area contributed by atoms with Crippen molar-refractivity contribution >= 4 is 5.91 Å². The van der Waals surface area contributed by atoms with Crippen molar-refractivity contribution in [1.82, 2.24) is 19.9 Å². The smallest absolute Gasteiger partial charge is 0.222 e. The van der Waals surface area contributed by atoms with Crippen LogP contribution in [0.15, 0.2) is 30.7 Å². The Morgan fingerprint density at radius 3 is 2.91 bits per heavy atom. The average molecular weight is 312 g/mol. The third-order valence-electron chi connectivity index (χ3n) is 4.45. The first kappa shape index (κ1) is 15.7. The fourth-order valence-electron chi connectivity index (χ4n) is 2.99. The Hall–Kier alpha value is -2.17. The Morgan fingerprint density at radius 1 is 1.39 bits per heavy atom. The molecule has 0 aromatic carbocycles. The molecular weight excluding hydrogens is 288 g/mol. The molecule has 0 radical (unpaired) electrons. The van der Waals surface area contributed by atoms with E-state index in [0.717, 1.165) is 23.5 Å². The molecule has 1 aliphatic rings. The van der Waals surface area contributed by atoms with Gasteiger partial charge < -0.3 is 9.88 Å². The summed E-state index contributed by atoms with van der Waals surface area (Å²) >= 11 is 0.